The van der Waals surface area contributed by atoms with Crippen LogP contribution < -0.4 is 5.32 Å². The van der Waals surface area contributed by atoms with Crippen LogP contribution in [0.3, 0.4) is 0 Å². The molecule has 4 rings (SSSR count). The van der Waals surface area contributed by atoms with Crippen LogP contribution in [0.15, 0.2) is 47.3 Å². The molecule has 1 aliphatic carbocycles. The van der Waals surface area contributed by atoms with Crippen LogP contribution in [0.2, 0.25) is 0 Å². The maximum Gasteiger partial charge on any atom is 0.278 e. The van der Waals surface area contributed by atoms with Crippen molar-refractivity contribution in [3.63, 3.8) is 0 Å². The minimum absolute atomic E-state index is 0.0260. The minimum atomic E-state index is -0.521. The monoisotopic (exact) mass is 426 g/mol. The third-order valence-corrected chi connectivity index (χ3v) is 5.43. The van der Waals surface area contributed by atoms with Crippen LogP contribution in [0.5, 0.6) is 0 Å². The van der Waals surface area contributed by atoms with Gasteiger partial charge >= 0.3 is 0 Å². The highest BCUT2D eigenvalue weighted by Gasteiger charge is 2.41. The van der Waals surface area contributed by atoms with Gasteiger partial charge in [0.2, 0.25) is 5.91 Å². The molecule has 0 spiro atoms. The van der Waals surface area contributed by atoms with Gasteiger partial charge in [0.25, 0.3) is 11.6 Å². The smallest absolute Gasteiger partial charge is 0.278 e. The summed E-state index contributed by atoms with van der Waals surface area (Å²) in [5.74, 6) is -0.489. The Bertz CT molecular complexity index is 1090. The molecule has 2 aliphatic rings. The molecule has 2 aromatic rings. The zero-order valence-corrected chi connectivity index (χ0v) is 16.8. The summed E-state index contributed by atoms with van der Waals surface area (Å²) in [5, 5.41) is 18.1. The summed E-state index contributed by atoms with van der Waals surface area (Å²) in [7, 11) is 1.79. The summed E-state index contributed by atoms with van der Waals surface area (Å²) in [5.41, 5.74) is 1.33. The average Bonchev–Trinajstić information content (AvgIpc) is 3.39. The fourth-order valence-electron chi connectivity index (χ4n) is 2.96. The van der Waals surface area contributed by atoms with Crippen molar-refractivity contribution >= 4 is 46.2 Å². The fourth-order valence-corrected chi connectivity index (χ4v) is 3.83. The molecule has 1 saturated carbocycles. The number of aromatic nitrogens is 2. The van der Waals surface area contributed by atoms with Crippen molar-refractivity contribution in [2.45, 2.75) is 18.9 Å². The van der Waals surface area contributed by atoms with Crippen LogP contribution in [-0.2, 0) is 16.6 Å². The summed E-state index contributed by atoms with van der Waals surface area (Å²) in [4.78, 5) is 41.5. The summed E-state index contributed by atoms with van der Waals surface area (Å²) in [6, 6.07) is 5.85. The number of amidine groups is 1. The SMILES string of the molecule is Cn1cc(/C=C2/N=C(SCC(=O)Nc3cccc([N+](=O)[O-])c3)N(C3CC3)C2=O)cn1. The number of hydrogen-bond acceptors (Lipinski definition) is 7. The van der Waals surface area contributed by atoms with Crippen molar-refractivity contribution in [2.24, 2.45) is 12.0 Å². The molecule has 1 aromatic carbocycles. The van der Waals surface area contributed by atoms with Gasteiger partial charge in [0.15, 0.2) is 5.17 Å². The lowest BCUT2D eigenvalue weighted by Gasteiger charge is -2.16. The molecule has 0 saturated heterocycles. The molecule has 11 heteroatoms. The van der Waals surface area contributed by atoms with Crippen molar-refractivity contribution in [3.05, 3.63) is 58.0 Å². The standard InChI is InChI=1S/C19H18N6O4S/c1-23-10-12(9-20-23)7-16-18(27)24(14-5-6-14)19(22-16)30-11-17(26)21-13-3-2-4-15(8-13)25(28)29/h2-4,7-10,14H,5-6,11H2,1H3,(H,21,26)/b16-7+. The normalized spacial score (nSPS) is 17.4. The van der Waals surface area contributed by atoms with E-state index in [1.165, 1.54) is 30.0 Å². The van der Waals surface area contributed by atoms with E-state index < -0.39 is 4.92 Å². The molecule has 30 heavy (non-hydrogen) atoms. The van der Waals surface area contributed by atoms with Gasteiger partial charge in [-0.25, -0.2) is 4.99 Å². The summed E-state index contributed by atoms with van der Waals surface area (Å²) < 4.78 is 1.64. The van der Waals surface area contributed by atoms with Crippen molar-refractivity contribution in [2.75, 3.05) is 11.1 Å². The average molecular weight is 426 g/mol. The zero-order valence-electron chi connectivity index (χ0n) is 16.0. The van der Waals surface area contributed by atoms with Gasteiger partial charge in [0.05, 0.1) is 16.9 Å². The second-order valence-corrected chi connectivity index (χ2v) is 7.86. The number of nitrogens with zero attached hydrogens (tertiary/aromatic N) is 5. The van der Waals surface area contributed by atoms with Gasteiger partial charge in [0, 0.05) is 42.7 Å². The molecular formula is C19H18N6O4S. The van der Waals surface area contributed by atoms with E-state index in [1.807, 2.05) is 0 Å². The number of carbonyl (C=O) groups is 2. The predicted molar refractivity (Wildman–Crippen MR) is 113 cm³/mol. The Balaban J connectivity index is 1.44. The molecule has 10 nitrogen and oxygen atoms in total. The molecule has 1 aliphatic heterocycles. The van der Waals surface area contributed by atoms with Crippen LogP contribution in [0, 0.1) is 10.1 Å². The lowest BCUT2D eigenvalue weighted by molar-refractivity contribution is -0.384. The molecule has 2 heterocycles. The predicted octanol–water partition coefficient (Wildman–Crippen LogP) is 2.40. The van der Waals surface area contributed by atoms with E-state index >= 15 is 0 Å². The molecule has 1 fully saturated rings. The number of nitrogens with one attached hydrogen (secondary N) is 1. The van der Waals surface area contributed by atoms with Gasteiger partial charge in [-0.15, -0.1) is 0 Å². The summed E-state index contributed by atoms with van der Waals surface area (Å²) in [6.07, 6.45) is 6.93. The van der Waals surface area contributed by atoms with Gasteiger partial charge in [-0.3, -0.25) is 29.3 Å². The number of thioether (sulfide) groups is 1. The Hall–Kier alpha value is -3.47. The van der Waals surface area contributed by atoms with Crippen LogP contribution in [0.25, 0.3) is 6.08 Å². The van der Waals surface area contributed by atoms with Gasteiger partial charge < -0.3 is 5.32 Å². The Morgan fingerprint density at radius 1 is 1.43 bits per heavy atom. The van der Waals surface area contributed by atoms with Crippen molar-refractivity contribution in [3.8, 4) is 0 Å². The highest BCUT2D eigenvalue weighted by Crippen LogP contribution is 2.35. The van der Waals surface area contributed by atoms with Crippen LogP contribution in [0.4, 0.5) is 11.4 Å². The molecule has 154 valence electrons. The van der Waals surface area contributed by atoms with E-state index in [2.05, 4.69) is 15.4 Å². The molecule has 1 aromatic heterocycles. The first kappa shape index (κ1) is 19.8. The number of aryl methyl sites for hydroxylation is 1. The van der Waals surface area contributed by atoms with E-state index in [9.17, 15) is 19.7 Å². The number of benzene rings is 1. The number of carbonyl (C=O) groups excluding carboxylic acids is 2. The Morgan fingerprint density at radius 3 is 2.90 bits per heavy atom. The third-order valence-electron chi connectivity index (χ3n) is 4.47. The van der Waals surface area contributed by atoms with Crippen LogP contribution in [-0.4, -0.2) is 48.4 Å². The van der Waals surface area contributed by atoms with E-state index in [0.717, 1.165) is 18.4 Å². The largest absolute Gasteiger partial charge is 0.325 e. The van der Waals surface area contributed by atoms with E-state index in [4.69, 9.17) is 0 Å². The fraction of sp³-hybridized carbons (Fsp3) is 0.263. The number of hydrogen-bond donors (Lipinski definition) is 1. The van der Waals surface area contributed by atoms with Gasteiger partial charge in [-0.2, -0.15) is 5.10 Å². The van der Waals surface area contributed by atoms with Crippen LogP contribution >= 0.6 is 11.8 Å². The number of amides is 2. The third kappa shape index (κ3) is 4.40. The number of nitro groups is 1. The lowest BCUT2D eigenvalue weighted by Crippen LogP contribution is -2.33. The molecule has 1 N–H and O–H groups in total. The second-order valence-electron chi connectivity index (χ2n) is 6.92. The first-order chi connectivity index (χ1) is 14.4. The maximum absolute atomic E-state index is 12.8. The van der Waals surface area contributed by atoms with Gasteiger partial charge in [-0.1, -0.05) is 17.8 Å². The van der Waals surface area contributed by atoms with Gasteiger partial charge in [-0.05, 0) is 25.0 Å². The maximum atomic E-state index is 12.8. The van der Waals surface area contributed by atoms with E-state index in [0.29, 0.717) is 16.6 Å². The van der Waals surface area contributed by atoms with E-state index in [-0.39, 0.29) is 29.3 Å². The number of non-ortho nitro benzene ring substituents is 1. The highest BCUT2D eigenvalue weighted by molar-refractivity contribution is 8.14. The molecule has 0 radical (unpaired) electrons. The Morgan fingerprint density at radius 2 is 2.23 bits per heavy atom. The molecule has 0 bridgehead atoms. The van der Waals surface area contributed by atoms with Crippen LogP contribution in [0.1, 0.15) is 18.4 Å². The summed E-state index contributed by atoms with van der Waals surface area (Å²) >= 11 is 1.17. The number of anilines is 1. The van der Waals surface area contributed by atoms with Crippen molar-refractivity contribution < 1.29 is 14.5 Å². The Kier molecular flexibility index (Phi) is 5.36. The second kappa shape index (κ2) is 8.11. The molecule has 2 amide bonds. The lowest BCUT2D eigenvalue weighted by atomic mass is 10.3. The number of nitro benzene ring substituents is 1. The first-order valence-corrected chi connectivity index (χ1v) is 10.2. The summed E-state index contributed by atoms with van der Waals surface area (Å²) in [6.45, 7) is 0. The number of rotatable bonds is 6. The zero-order chi connectivity index (χ0) is 21.3. The topological polar surface area (TPSA) is 123 Å². The minimum Gasteiger partial charge on any atom is -0.325 e. The first-order valence-electron chi connectivity index (χ1n) is 9.20. The number of aliphatic imine (C=N–C) groups is 1. The molecule has 0 atom stereocenters. The molecule has 0 unspecified atom stereocenters. The van der Waals surface area contributed by atoms with E-state index in [1.54, 1.807) is 41.2 Å². The van der Waals surface area contributed by atoms with Crippen molar-refractivity contribution in [1.82, 2.24) is 14.7 Å². The Labute approximate surface area is 175 Å². The quantitative estimate of drug-likeness (QED) is 0.430. The molecular weight excluding hydrogens is 408 g/mol. The van der Waals surface area contributed by atoms with Gasteiger partial charge in [0.1, 0.15) is 5.70 Å². The van der Waals surface area contributed by atoms with Crippen molar-refractivity contribution in [1.29, 1.82) is 0 Å². The highest BCUT2D eigenvalue weighted by atomic mass is 32.2.